The first-order chi connectivity index (χ1) is 9.98. The van der Waals surface area contributed by atoms with E-state index in [9.17, 15) is 8.42 Å². The second-order valence-corrected chi connectivity index (χ2v) is 7.69. The zero-order chi connectivity index (χ0) is 15.5. The summed E-state index contributed by atoms with van der Waals surface area (Å²) in [5, 5.41) is 5.01. The fourth-order valence-corrected chi connectivity index (χ4v) is 4.76. The molecule has 6 heteroatoms. The van der Waals surface area contributed by atoms with E-state index in [0.717, 1.165) is 17.0 Å². The molecular weight excluding hydrogens is 304 g/mol. The SMILES string of the molecule is CCNCc1sccc1S(=O)(=O)N(C)c1ccccc1C. The predicted molar refractivity (Wildman–Crippen MR) is 88.5 cm³/mol. The lowest BCUT2D eigenvalue weighted by atomic mass is 10.2. The van der Waals surface area contributed by atoms with Crippen LogP contribution in [0.15, 0.2) is 40.6 Å². The smallest absolute Gasteiger partial charge is 0.265 e. The summed E-state index contributed by atoms with van der Waals surface area (Å²) in [4.78, 5) is 1.23. The number of para-hydroxylation sites is 1. The van der Waals surface area contributed by atoms with E-state index >= 15 is 0 Å². The number of nitrogens with zero attached hydrogens (tertiary/aromatic N) is 1. The Hall–Kier alpha value is -1.37. The predicted octanol–water partition coefficient (Wildman–Crippen LogP) is 2.99. The van der Waals surface area contributed by atoms with Crippen LogP contribution in [-0.2, 0) is 16.6 Å². The summed E-state index contributed by atoms with van der Waals surface area (Å²) in [5.41, 5.74) is 1.64. The maximum atomic E-state index is 12.8. The molecule has 1 aromatic carbocycles. The van der Waals surface area contributed by atoms with Gasteiger partial charge in [0, 0.05) is 18.5 Å². The molecular formula is C15H20N2O2S2. The molecule has 114 valence electrons. The first kappa shape index (κ1) is 16.0. The van der Waals surface area contributed by atoms with E-state index < -0.39 is 10.0 Å². The van der Waals surface area contributed by atoms with Crippen molar-refractivity contribution in [3.63, 3.8) is 0 Å². The Kier molecular flexibility index (Phi) is 5.03. The van der Waals surface area contributed by atoms with Gasteiger partial charge >= 0.3 is 0 Å². The van der Waals surface area contributed by atoms with Crippen molar-refractivity contribution >= 4 is 27.0 Å². The number of anilines is 1. The third kappa shape index (κ3) is 3.28. The van der Waals surface area contributed by atoms with Crippen molar-refractivity contribution in [2.24, 2.45) is 0 Å². The third-order valence-corrected chi connectivity index (χ3v) is 6.24. The van der Waals surface area contributed by atoms with Crippen LogP contribution in [0.2, 0.25) is 0 Å². The maximum absolute atomic E-state index is 12.8. The molecule has 0 aliphatic heterocycles. The van der Waals surface area contributed by atoms with Gasteiger partial charge in [-0.25, -0.2) is 8.42 Å². The summed E-state index contributed by atoms with van der Waals surface area (Å²) in [6.07, 6.45) is 0. The Morgan fingerprint density at radius 2 is 1.95 bits per heavy atom. The van der Waals surface area contributed by atoms with Gasteiger partial charge in [-0.1, -0.05) is 25.1 Å². The quantitative estimate of drug-likeness (QED) is 0.888. The van der Waals surface area contributed by atoms with Gasteiger partial charge in [0.1, 0.15) is 4.90 Å². The molecule has 0 amide bonds. The zero-order valence-corrected chi connectivity index (χ0v) is 14.1. The third-order valence-electron chi connectivity index (χ3n) is 3.33. The summed E-state index contributed by atoms with van der Waals surface area (Å²) in [5.74, 6) is 0. The number of hydrogen-bond acceptors (Lipinski definition) is 4. The van der Waals surface area contributed by atoms with Crippen LogP contribution in [0.5, 0.6) is 0 Å². The van der Waals surface area contributed by atoms with Gasteiger partial charge in [0.25, 0.3) is 10.0 Å². The van der Waals surface area contributed by atoms with Crippen molar-refractivity contribution in [2.45, 2.75) is 25.3 Å². The number of nitrogens with one attached hydrogen (secondary N) is 1. The molecule has 0 saturated carbocycles. The Balaban J connectivity index is 2.38. The molecule has 0 saturated heterocycles. The lowest BCUT2D eigenvalue weighted by molar-refractivity contribution is 0.592. The maximum Gasteiger partial charge on any atom is 0.265 e. The fraction of sp³-hybridized carbons (Fsp3) is 0.333. The van der Waals surface area contributed by atoms with Crippen LogP contribution in [0, 0.1) is 6.92 Å². The summed E-state index contributed by atoms with van der Waals surface area (Å²) in [6, 6.07) is 9.17. The van der Waals surface area contributed by atoms with E-state index in [2.05, 4.69) is 5.32 Å². The summed E-state index contributed by atoms with van der Waals surface area (Å²) >= 11 is 1.46. The van der Waals surface area contributed by atoms with Crippen LogP contribution < -0.4 is 9.62 Å². The standard InChI is InChI=1S/C15H20N2O2S2/c1-4-16-11-14-15(9-10-20-14)21(18,19)17(3)13-8-6-5-7-12(13)2/h5-10,16H,4,11H2,1-3H3. The molecule has 2 aromatic rings. The van der Waals surface area contributed by atoms with Crippen LogP contribution in [-0.4, -0.2) is 22.0 Å². The lowest BCUT2D eigenvalue weighted by Gasteiger charge is -2.21. The van der Waals surface area contributed by atoms with E-state index in [4.69, 9.17) is 0 Å². The molecule has 0 aliphatic rings. The topological polar surface area (TPSA) is 49.4 Å². The van der Waals surface area contributed by atoms with Crippen LogP contribution in [0.1, 0.15) is 17.4 Å². The van der Waals surface area contributed by atoms with Crippen molar-refractivity contribution < 1.29 is 8.42 Å². The van der Waals surface area contributed by atoms with Gasteiger partial charge in [0.15, 0.2) is 0 Å². The molecule has 0 radical (unpaired) electrons. The van der Waals surface area contributed by atoms with Crippen molar-refractivity contribution in [3.05, 3.63) is 46.2 Å². The van der Waals surface area contributed by atoms with E-state index in [0.29, 0.717) is 17.1 Å². The van der Waals surface area contributed by atoms with Crippen molar-refractivity contribution in [3.8, 4) is 0 Å². The van der Waals surface area contributed by atoms with Crippen molar-refractivity contribution in [1.29, 1.82) is 0 Å². The van der Waals surface area contributed by atoms with Crippen LogP contribution in [0.3, 0.4) is 0 Å². The van der Waals surface area contributed by atoms with E-state index in [1.165, 1.54) is 15.6 Å². The molecule has 0 unspecified atom stereocenters. The molecule has 0 aliphatic carbocycles. The average Bonchev–Trinajstić information content (AvgIpc) is 2.94. The lowest BCUT2D eigenvalue weighted by Crippen LogP contribution is -2.28. The summed E-state index contributed by atoms with van der Waals surface area (Å²) in [6.45, 7) is 5.30. The second-order valence-electron chi connectivity index (χ2n) is 4.75. The molecule has 4 nitrogen and oxygen atoms in total. The van der Waals surface area contributed by atoms with Gasteiger partial charge in [0.05, 0.1) is 5.69 Å². The van der Waals surface area contributed by atoms with E-state index in [1.54, 1.807) is 13.1 Å². The number of hydrogen-bond donors (Lipinski definition) is 1. The number of benzene rings is 1. The zero-order valence-electron chi connectivity index (χ0n) is 12.5. The van der Waals surface area contributed by atoms with Gasteiger partial charge in [-0.2, -0.15) is 0 Å². The van der Waals surface area contributed by atoms with Gasteiger partial charge in [-0.05, 0) is 36.5 Å². The Labute approximate surface area is 130 Å². The first-order valence-corrected chi connectivity index (χ1v) is 9.12. The largest absolute Gasteiger partial charge is 0.312 e. The molecule has 0 bridgehead atoms. The van der Waals surface area contributed by atoms with Crippen molar-refractivity contribution in [2.75, 3.05) is 17.9 Å². The fourth-order valence-electron chi connectivity index (χ4n) is 2.12. The van der Waals surface area contributed by atoms with Crippen LogP contribution in [0.4, 0.5) is 5.69 Å². The van der Waals surface area contributed by atoms with Gasteiger partial charge in [0.2, 0.25) is 0 Å². The monoisotopic (exact) mass is 324 g/mol. The summed E-state index contributed by atoms with van der Waals surface area (Å²) in [7, 11) is -1.92. The minimum atomic E-state index is -3.53. The highest BCUT2D eigenvalue weighted by Gasteiger charge is 2.25. The Morgan fingerprint density at radius 3 is 2.62 bits per heavy atom. The molecule has 2 rings (SSSR count). The molecule has 0 atom stereocenters. The highest BCUT2D eigenvalue weighted by Crippen LogP contribution is 2.29. The van der Waals surface area contributed by atoms with Gasteiger partial charge < -0.3 is 5.32 Å². The average molecular weight is 324 g/mol. The molecule has 21 heavy (non-hydrogen) atoms. The molecule has 0 spiro atoms. The minimum absolute atomic E-state index is 0.388. The number of sulfonamides is 1. The highest BCUT2D eigenvalue weighted by atomic mass is 32.2. The summed E-state index contributed by atoms with van der Waals surface area (Å²) < 4.78 is 27.0. The molecule has 1 aromatic heterocycles. The van der Waals surface area contributed by atoms with Gasteiger partial charge in [-0.3, -0.25) is 4.31 Å². The number of aryl methyl sites for hydroxylation is 1. The van der Waals surface area contributed by atoms with Crippen LogP contribution >= 0.6 is 11.3 Å². The van der Waals surface area contributed by atoms with E-state index in [1.807, 2.05) is 43.5 Å². The molecule has 0 fully saturated rings. The normalized spacial score (nSPS) is 11.6. The number of rotatable bonds is 6. The molecule has 1 heterocycles. The molecule has 1 N–H and O–H groups in total. The highest BCUT2D eigenvalue weighted by molar-refractivity contribution is 7.93. The van der Waals surface area contributed by atoms with Crippen molar-refractivity contribution in [1.82, 2.24) is 5.32 Å². The number of thiophene rings is 1. The van der Waals surface area contributed by atoms with Crippen LogP contribution in [0.25, 0.3) is 0 Å². The Morgan fingerprint density at radius 1 is 1.24 bits per heavy atom. The Bertz CT molecular complexity index is 708. The van der Waals surface area contributed by atoms with E-state index in [-0.39, 0.29) is 0 Å². The first-order valence-electron chi connectivity index (χ1n) is 6.80. The van der Waals surface area contributed by atoms with Gasteiger partial charge in [-0.15, -0.1) is 11.3 Å². The minimum Gasteiger partial charge on any atom is -0.312 e. The second kappa shape index (κ2) is 6.60.